The lowest BCUT2D eigenvalue weighted by Gasteiger charge is -2.06. The second kappa shape index (κ2) is 15.6. The first kappa shape index (κ1) is 29.8. The van der Waals surface area contributed by atoms with Gasteiger partial charge in [-0.25, -0.2) is 28.5 Å². The SMILES string of the molecule is CC.CC(C)C.CCOC(=O)/C=C/CNc1nc(-c2cn(SI)c3ncc(F)cc23)ncc1F. The van der Waals surface area contributed by atoms with Crippen molar-refractivity contribution < 1.29 is 18.3 Å². The normalized spacial score (nSPS) is 10.5. The molecule has 0 amide bonds. The summed E-state index contributed by atoms with van der Waals surface area (Å²) in [4.78, 5) is 23.6. The van der Waals surface area contributed by atoms with Crippen LogP contribution in [0.1, 0.15) is 41.5 Å². The number of aromatic nitrogens is 4. The third-order valence-electron chi connectivity index (χ3n) is 3.57. The number of nitrogens with zero attached hydrogens (tertiary/aromatic N) is 4. The Morgan fingerprint density at radius 1 is 1.26 bits per heavy atom. The van der Waals surface area contributed by atoms with Gasteiger partial charge in [-0.1, -0.05) is 40.7 Å². The van der Waals surface area contributed by atoms with Crippen LogP contribution >= 0.6 is 30.3 Å². The lowest BCUT2D eigenvalue weighted by molar-refractivity contribution is -0.137. The maximum atomic E-state index is 14.1. The first-order chi connectivity index (χ1) is 16.3. The molecule has 0 bridgehead atoms. The topological polar surface area (TPSA) is 81.9 Å². The van der Waals surface area contributed by atoms with Crippen molar-refractivity contribution in [2.45, 2.75) is 41.5 Å². The lowest BCUT2D eigenvalue weighted by Crippen LogP contribution is -2.06. The van der Waals surface area contributed by atoms with E-state index in [-0.39, 0.29) is 24.8 Å². The Kier molecular flexibility index (Phi) is 13.6. The van der Waals surface area contributed by atoms with E-state index >= 15 is 0 Å². The number of pyridine rings is 1. The Morgan fingerprint density at radius 2 is 1.94 bits per heavy atom. The number of carbonyl (C=O) groups is 1. The molecule has 0 aromatic carbocycles. The van der Waals surface area contributed by atoms with Gasteiger partial charge in [-0.05, 0) is 18.9 Å². The van der Waals surface area contributed by atoms with Crippen LogP contribution in [0, 0.1) is 17.6 Å². The van der Waals surface area contributed by atoms with Crippen LogP contribution < -0.4 is 5.32 Å². The first-order valence-electron chi connectivity index (χ1n) is 10.8. The standard InChI is InChI=1S/C17H14F2IN5O2S.C4H10.C2H6/c1-2-27-14(26)4-3-5-21-16-13(19)8-22-15(24-16)12-9-25(28-20)17-11(12)6-10(18)7-23-17;1-4(2)3;1-2/h3-4,6-9H,2,5H2,1H3,(H,21,22,24);4H,1-3H3;1-2H3/b4-3+;;. The highest BCUT2D eigenvalue weighted by atomic mass is 127. The zero-order chi connectivity index (χ0) is 25.7. The van der Waals surface area contributed by atoms with Crippen molar-refractivity contribution in [3.63, 3.8) is 0 Å². The van der Waals surface area contributed by atoms with Gasteiger partial charge in [0.15, 0.2) is 23.1 Å². The summed E-state index contributed by atoms with van der Waals surface area (Å²) in [7, 11) is 1.35. The molecule has 1 N–H and O–H groups in total. The summed E-state index contributed by atoms with van der Waals surface area (Å²) in [6.45, 7) is 12.6. The van der Waals surface area contributed by atoms with E-state index in [9.17, 15) is 13.6 Å². The number of esters is 1. The largest absolute Gasteiger partial charge is 0.463 e. The summed E-state index contributed by atoms with van der Waals surface area (Å²) in [5, 5.41) is 3.29. The second-order valence-electron chi connectivity index (χ2n) is 7.12. The van der Waals surface area contributed by atoms with Gasteiger partial charge in [-0.3, -0.25) is 3.97 Å². The highest BCUT2D eigenvalue weighted by Gasteiger charge is 2.16. The van der Waals surface area contributed by atoms with E-state index in [0.717, 1.165) is 18.3 Å². The van der Waals surface area contributed by atoms with E-state index in [1.165, 1.54) is 27.3 Å². The molecule has 3 rings (SSSR count). The summed E-state index contributed by atoms with van der Waals surface area (Å²) in [6.07, 6.45) is 6.62. The minimum Gasteiger partial charge on any atom is -0.463 e. The number of anilines is 1. The predicted octanol–water partition coefficient (Wildman–Crippen LogP) is 6.84. The molecular weight excluding hydrogens is 575 g/mol. The molecule has 0 saturated carbocycles. The average molecular weight is 605 g/mol. The van der Waals surface area contributed by atoms with Gasteiger partial charge in [-0.2, -0.15) is 0 Å². The molecule has 11 heteroatoms. The van der Waals surface area contributed by atoms with Gasteiger partial charge in [0.25, 0.3) is 0 Å². The number of halogens is 3. The second-order valence-corrected chi connectivity index (χ2v) is 8.83. The van der Waals surface area contributed by atoms with Crippen LogP contribution in [0.4, 0.5) is 14.6 Å². The Hall–Kier alpha value is -2.28. The fourth-order valence-electron chi connectivity index (χ4n) is 2.41. The highest BCUT2D eigenvalue weighted by molar-refractivity contribution is 14.2. The van der Waals surface area contributed by atoms with Gasteiger partial charge in [0.05, 0.1) is 19.0 Å². The molecule has 0 aliphatic heterocycles. The van der Waals surface area contributed by atoms with Crippen molar-refractivity contribution in [1.82, 2.24) is 18.9 Å². The Balaban J connectivity index is 0.000000872. The molecule has 34 heavy (non-hydrogen) atoms. The van der Waals surface area contributed by atoms with Crippen molar-refractivity contribution in [3.8, 4) is 11.4 Å². The third-order valence-corrected chi connectivity index (χ3v) is 5.27. The Labute approximate surface area is 215 Å². The van der Waals surface area contributed by atoms with E-state index < -0.39 is 17.6 Å². The van der Waals surface area contributed by atoms with E-state index in [2.05, 4.69) is 62.2 Å². The number of hydrogen-bond donors (Lipinski definition) is 1. The molecule has 0 fully saturated rings. The lowest BCUT2D eigenvalue weighted by atomic mass is 10.2. The monoisotopic (exact) mass is 605 g/mol. The van der Waals surface area contributed by atoms with Crippen LogP contribution in [0.3, 0.4) is 0 Å². The minimum absolute atomic E-state index is 0.0362. The summed E-state index contributed by atoms with van der Waals surface area (Å²) in [5.41, 5.74) is 1.08. The number of hydrogen-bond acceptors (Lipinski definition) is 7. The average Bonchev–Trinajstić information content (AvgIpc) is 3.16. The number of carbonyl (C=O) groups excluding carboxylic acids is 1. The van der Waals surface area contributed by atoms with Crippen molar-refractivity contribution >= 4 is 53.1 Å². The van der Waals surface area contributed by atoms with Crippen LogP contribution in [0.25, 0.3) is 22.4 Å². The van der Waals surface area contributed by atoms with Crippen molar-refractivity contribution in [1.29, 1.82) is 0 Å². The van der Waals surface area contributed by atoms with Crippen LogP contribution in [-0.2, 0) is 9.53 Å². The van der Waals surface area contributed by atoms with E-state index in [1.54, 1.807) is 17.1 Å². The number of nitrogens with one attached hydrogen (secondary N) is 1. The number of fused-ring (bicyclic) bond motifs is 1. The Bertz CT molecular complexity index is 1090. The predicted molar refractivity (Wildman–Crippen MR) is 144 cm³/mol. The highest BCUT2D eigenvalue weighted by Crippen LogP contribution is 2.33. The van der Waals surface area contributed by atoms with E-state index in [1.807, 2.05) is 13.8 Å². The molecule has 0 unspecified atom stereocenters. The molecule has 0 aliphatic rings. The van der Waals surface area contributed by atoms with Gasteiger partial charge < -0.3 is 10.1 Å². The van der Waals surface area contributed by atoms with Gasteiger partial charge in [0, 0.05) is 60.1 Å². The minimum atomic E-state index is -0.649. The molecule has 0 saturated heterocycles. The van der Waals surface area contributed by atoms with Crippen molar-refractivity contribution in [3.05, 3.63) is 48.4 Å². The zero-order valence-electron chi connectivity index (χ0n) is 20.1. The molecule has 186 valence electrons. The Morgan fingerprint density at radius 3 is 2.56 bits per heavy atom. The molecule has 3 heterocycles. The van der Waals surface area contributed by atoms with Crippen LogP contribution in [0.2, 0.25) is 0 Å². The van der Waals surface area contributed by atoms with Gasteiger partial charge >= 0.3 is 5.97 Å². The molecule has 0 spiro atoms. The van der Waals surface area contributed by atoms with Gasteiger partial charge in [0.1, 0.15) is 5.82 Å². The molecule has 3 aromatic rings. The number of ether oxygens (including phenoxy) is 1. The van der Waals surface area contributed by atoms with Crippen LogP contribution in [0.15, 0.2) is 36.8 Å². The summed E-state index contributed by atoms with van der Waals surface area (Å²) < 4.78 is 34.2. The molecular formula is C23H30F2IN5O2S. The summed E-state index contributed by atoms with van der Waals surface area (Å²) in [5.74, 6) is -0.600. The van der Waals surface area contributed by atoms with Crippen molar-refractivity contribution in [2.24, 2.45) is 5.92 Å². The van der Waals surface area contributed by atoms with E-state index in [0.29, 0.717) is 16.6 Å². The summed E-state index contributed by atoms with van der Waals surface area (Å²) >= 11 is 2.08. The fourth-order valence-corrected chi connectivity index (χ4v) is 3.66. The molecule has 3 aromatic heterocycles. The maximum Gasteiger partial charge on any atom is 0.330 e. The molecule has 7 nitrogen and oxygen atoms in total. The van der Waals surface area contributed by atoms with Crippen LogP contribution in [0.5, 0.6) is 0 Å². The van der Waals surface area contributed by atoms with Crippen molar-refractivity contribution in [2.75, 3.05) is 18.5 Å². The van der Waals surface area contributed by atoms with Crippen LogP contribution in [-0.4, -0.2) is 38.0 Å². The van der Waals surface area contributed by atoms with E-state index in [4.69, 9.17) is 4.74 Å². The molecule has 0 atom stereocenters. The quantitative estimate of drug-likeness (QED) is 0.180. The fraction of sp³-hybridized carbons (Fsp3) is 0.391. The molecule has 0 radical (unpaired) electrons. The zero-order valence-corrected chi connectivity index (χ0v) is 23.1. The third kappa shape index (κ3) is 9.16. The smallest absolute Gasteiger partial charge is 0.330 e. The van der Waals surface area contributed by atoms with Gasteiger partial charge in [0.2, 0.25) is 0 Å². The summed E-state index contributed by atoms with van der Waals surface area (Å²) in [6, 6.07) is 1.34. The van der Waals surface area contributed by atoms with Gasteiger partial charge in [-0.15, -0.1) is 0 Å². The number of rotatable bonds is 7. The molecule has 0 aliphatic carbocycles. The maximum absolute atomic E-state index is 14.1. The first-order valence-corrected chi connectivity index (χ1v) is 14.1.